The van der Waals surface area contributed by atoms with Gasteiger partial charge in [0.05, 0.1) is 17.9 Å². The predicted octanol–water partition coefficient (Wildman–Crippen LogP) is 2.17. The van der Waals surface area contributed by atoms with Crippen molar-refractivity contribution in [2.24, 2.45) is 5.92 Å². The summed E-state index contributed by atoms with van der Waals surface area (Å²) in [6, 6.07) is 7.26. The van der Waals surface area contributed by atoms with Gasteiger partial charge in [-0.25, -0.2) is 0 Å². The third-order valence-electron chi connectivity index (χ3n) is 3.29. The van der Waals surface area contributed by atoms with Crippen LogP contribution in [0.2, 0.25) is 0 Å². The fraction of sp³-hybridized carbons (Fsp3) is 0.462. The first kappa shape index (κ1) is 12.3. The third-order valence-corrected chi connectivity index (χ3v) is 5.20. The van der Waals surface area contributed by atoms with Gasteiger partial charge in [-0.15, -0.1) is 0 Å². The SMILES string of the molecule is COc1cccc(S(=O)C2CCC(=O)C2C)c1. The zero-order valence-corrected chi connectivity index (χ0v) is 10.8. The molecule has 3 unspecified atom stereocenters. The molecule has 0 heterocycles. The van der Waals surface area contributed by atoms with Gasteiger partial charge in [-0.2, -0.15) is 0 Å². The molecular weight excluding hydrogens is 236 g/mol. The predicted molar refractivity (Wildman–Crippen MR) is 66.6 cm³/mol. The van der Waals surface area contributed by atoms with Crippen LogP contribution in [0.4, 0.5) is 0 Å². The Morgan fingerprint density at radius 3 is 2.76 bits per heavy atom. The molecule has 1 fully saturated rings. The van der Waals surface area contributed by atoms with Gasteiger partial charge in [0.1, 0.15) is 11.5 Å². The standard InChI is InChI=1S/C13H16O3S/c1-9-12(14)6-7-13(9)17(15)11-5-3-4-10(8-11)16-2/h3-5,8-9,13H,6-7H2,1-2H3. The number of carbonyl (C=O) groups excluding carboxylic acids is 1. The summed E-state index contributed by atoms with van der Waals surface area (Å²) in [6.07, 6.45) is 1.28. The smallest absolute Gasteiger partial charge is 0.136 e. The van der Waals surface area contributed by atoms with Crippen molar-refractivity contribution in [3.63, 3.8) is 0 Å². The minimum atomic E-state index is -1.12. The maximum atomic E-state index is 12.4. The van der Waals surface area contributed by atoms with E-state index in [-0.39, 0.29) is 17.0 Å². The van der Waals surface area contributed by atoms with Crippen LogP contribution < -0.4 is 4.74 Å². The molecule has 0 spiro atoms. The minimum absolute atomic E-state index is 0.0467. The Bertz CT molecular complexity index is 456. The van der Waals surface area contributed by atoms with E-state index in [4.69, 9.17) is 4.74 Å². The molecule has 0 amide bonds. The molecule has 17 heavy (non-hydrogen) atoms. The highest BCUT2D eigenvalue weighted by Gasteiger charge is 2.35. The van der Waals surface area contributed by atoms with Crippen molar-refractivity contribution in [2.45, 2.75) is 29.9 Å². The Morgan fingerprint density at radius 2 is 2.18 bits per heavy atom. The van der Waals surface area contributed by atoms with E-state index in [1.807, 2.05) is 25.1 Å². The van der Waals surface area contributed by atoms with Crippen molar-refractivity contribution in [2.75, 3.05) is 7.11 Å². The number of hydrogen-bond donors (Lipinski definition) is 0. The van der Waals surface area contributed by atoms with E-state index in [0.717, 1.165) is 11.3 Å². The van der Waals surface area contributed by atoms with E-state index in [1.165, 1.54) is 0 Å². The first-order valence-electron chi connectivity index (χ1n) is 5.71. The molecule has 0 aliphatic heterocycles. The minimum Gasteiger partial charge on any atom is -0.497 e. The Kier molecular flexibility index (Phi) is 3.62. The second-order valence-electron chi connectivity index (χ2n) is 4.31. The van der Waals surface area contributed by atoms with Gasteiger partial charge < -0.3 is 4.74 Å². The number of benzene rings is 1. The highest BCUT2D eigenvalue weighted by atomic mass is 32.2. The van der Waals surface area contributed by atoms with E-state index in [1.54, 1.807) is 13.2 Å². The van der Waals surface area contributed by atoms with Crippen LogP contribution in [0.15, 0.2) is 29.2 Å². The average Bonchev–Trinajstić information content (AvgIpc) is 2.69. The van der Waals surface area contributed by atoms with Crippen LogP contribution in [0.25, 0.3) is 0 Å². The van der Waals surface area contributed by atoms with Gasteiger partial charge in [0.15, 0.2) is 0 Å². The molecule has 0 bridgehead atoms. The molecule has 1 aromatic carbocycles. The number of ketones is 1. The topological polar surface area (TPSA) is 43.4 Å². The second-order valence-corrected chi connectivity index (χ2v) is 5.98. The number of methoxy groups -OCH3 is 1. The number of hydrogen-bond acceptors (Lipinski definition) is 3. The lowest BCUT2D eigenvalue weighted by atomic mass is 10.1. The van der Waals surface area contributed by atoms with Crippen molar-refractivity contribution >= 4 is 16.6 Å². The van der Waals surface area contributed by atoms with Crippen LogP contribution in [0.1, 0.15) is 19.8 Å². The lowest BCUT2D eigenvalue weighted by Gasteiger charge is -2.14. The molecule has 0 N–H and O–H groups in total. The van der Waals surface area contributed by atoms with Gasteiger partial charge in [0.25, 0.3) is 0 Å². The maximum Gasteiger partial charge on any atom is 0.136 e. The number of Topliss-reactive ketones (excluding diaryl/α,β-unsaturated/α-hetero) is 1. The first-order chi connectivity index (χ1) is 8.13. The van der Waals surface area contributed by atoms with Gasteiger partial charge in [-0.3, -0.25) is 9.00 Å². The Balaban J connectivity index is 2.22. The van der Waals surface area contributed by atoms with Crippen molar-refractivity contribution in [1.82, 2.24) is 0 Å². The maximum absolute atomic E-state index is 12.4. The van der Waals surface area contributed by atoms with Crippen molar-refractivity contribution < 1.29 is 13.7 Å². The lowest BCUT2D eigenvalue weighted by Crippen LogP contribution is -2.21. The van der Waals surface area contributed by atoms with E-state index < -0.39 is 10.8 Å². The zero-order valence-electron chi connectivity index (χ0n) is 10.0. The molecule has 1 aromatic rings. The highest BCUT2D eigenvalue weighted by Crippen LogP contribution is 2.30. The Labute approximate surface area is 104 Å². The average molecular weight is 252 g/mol. The molecule has 0 saturated heterocycles. The molecule has 4 heteroatoms. The van der Waals surface area contributed by atoms with Gasteiger partial charge >= 0.3 is 0 Å². The molecule has 2 rings (SSSR count). The summed E-state index contributed by atoms with van der Waals surface area (Å²) >= 11 is 0. The van der Waals surface area contributed by atoms with Crippen LogP contribution in [0, 0.1) is 5.92 Å². The summed E-state index contributed by atoms with van der Waals surface area (Å²) in [7, 11) is 0.465. The highest BCUT2D eigenvalue weighted by molar-refractivity contribution is 7.85. The van der Waals surface area contributed by atoms with Crippen LogP contribution >= 0.6 is 0 Å². The normalized spacial score (nSPS) is 25.9. The molecule has 3 nitrogen and oxygen atoms in total. The molecule has 0 aromatic heterocycles. The molecule has 1 saturated carbocycles. The zero-order chi connectivity index (χ0) is 12.4. The van der Waals surface area contributed by atoms with Crippen LogP contribution in [-0.4, -0.2) is 22.4 Å². The number of rotatable bonds is 3. The van der Waals surface area contributed by atoms with E-state index >= 15 is 0 Å². The third kappa shape index (κ3) is 2.41. The van der Waals surface area contributed by atoms with Gasteiger partial charge in [-0.1, -0.05) is 13.0 Å². The molecule has 1 aliphatic rings. The number of ether oxygens (including phenoxy) is 1. The summed E-state index contributed by atoms with van der Waals surface area (Å²) in [4.78, 5) is 12.2. The summed E-state index contributed by atoms with van der Waals surface area (Å²) in [5.74, 6) is 0.834. The largest absolute Gasteiger partial charge is 0.497 e. The molecule has 3 atom stereocenters. The van der Waals surface area contributed by atoms with Crippen molar-refractivity contribution in [3.8, 4) is 5.75 Å². The van der Waals surface area contributed by atoms with Crippen LogP contribution in [0.5, 0.6) is 5.75 Å². The summed E-state index contributed by atoms with van der Waals surface area (Å²) in [5.41, 5.74) is 0. The summed E-state index contributed by atoms with van der Waals surface area (Å²) in [5, 5.41) is -0.0467. The van der Waals surface area contributed by atoms with Gasteiger partial charge in [0, 0.05) is 22.5 Å². The lowest BCUT2D eigenvalue weighted by molar-refractivity contribution is -0.120. The second kappa shape index (κ2) is 5.00. The van der Waals surface area contributed by atoms with Crippen molar-refractivity contribution in [3.05, 3.63) is 24.3 Å². The monoisotopic (exact) mass is 252 g/mol. The van der Waals surface area contributed by atoms with Gasteiger partial charge in [0.2, 0.25) is 0 Å². The number of carbonyl (C=O) groups is 1. The Hall–Kier alpha value is -1.16. The summed E-state index contributed by atoms with van der Waals surface area (Å²) in [6.45, 7) is 1.87. The first-order valence-corrected chi connectivity index (χ1v) is 6.92. The van der Waals surface area contributed by atoms with E-state index in [2.05, 4.69) is 0 Å². The van der Waals surface area contributed by atoms with Crippen LogP contribution in [0.3, 0.4) is 0 Å². The van der Waals surface area contributed by atoms with Crippen molar-refractivity contribution in [1.29, 1.82) is 0 Å². The molecule has 1 aliphatic carbocycles. The van der Waals surface area contributed by atoms with Crippen LogP contribution in [-0.2, 0) is 15.6 Å². The summed E-state index contributed by atoms with van der Waals surface area (Å²) < 4.78 is 17.5. The fourth-order valence-electron chi connectivity index (χ4n) is 2.16. The van der Waals surface area contributed by atoms with Gasteiger partial charge in [-0.05, 0) is 24.6 Å². The Morgan fingerprint density at radius 1 is 1.41 bits per heavy atom. The van der Waals surface area contributed by atoms with E-state index in [9.17, 15) is 9.00 Å². The molecule has 0 radical (unpaired) electrons. The molecular formula is C13H16O3S. The van der Waals surface area contributed by atoms with E-state index in [0.29, 0.717) is 12.2 Å². The quantitative estimate of drug-likeness (QED) is 0.828. The molecule has 92 valence electrons. The fourth-order valence-corrected chi connectivity index (χ4v) is 3.81.